The summed E-state index contributed by atoms with van der Waals surface area (Å²) >= 11 is 0. The topological polar surface area (TPSA) is 43.4 Å². The second-order valence-corrected chi connectivity index (χ2v) is 9.87. The van der Waals surface area contributed by atoms with Crippen molar-refractivity contribution in [2.75, 3.05) is 12.9 Å². The summed E-state index contributed by atoms with van der Waals surface area (Å²) in [6, 6.07) is 5.15. The summed E-state index contributed by atoms with van der Waals surface area (Å²) in [5, 5.41) is -0.278. The first-order valence-corrected chi connectivity index (χ1v) is 10.6. The summed E-state index contributed by atoms with van der Waals surface area (Å²) in [7, 11) is -1.47. The summed E-state index contributed by atoms with van der Waals surface area (Å²) < 4.78 is 42.7. The minimum absolute atomic E-state index is 0.278. The molecule has 0 heterocycles. The van der Waals surface area contributed by atoms with Gasteiger partial charge in [-0.1, -0.05) is 18.9 Å². The fourth-order valence-corrected chi connectivity index (χ4v) is 4.82. The molecule has 136 valence electrons. The van der Waals surface area contributed by atoms with Crippen molar-refractivity contribution in [3.63, 3.8) is 0 Å². The van der Waals surface area contributed by atoms with E-state index in [0.717, 1.165) is 44.1 Å². The van der Waals surface area contributed by atoms with Gasteiger partial charge in [0.2, 0.25) is 0 Å². The Kier molecular flexibility index (Phi) is 6.67. The van der Waals surface area contributed by atoms with E-state index < -0.39 is 9.84 Å². The maximum Gasteiger partial charge on any atom is 0.165 e. The molecular weight excluding hydrogens is 327 g/mol. The third kappa shape index (κ3) is 5.20. The van der Waals surface area contributed by atoms with Gasteiger partial charge in [0.25, 0.3) is 0 Å². The quantitative estimate of drug-likeness (QED) is 0.727. The minimum Gasteiger partial charge on any atom is -0.494 e. The maximum absolute atomic E-state index is 13.7. The first-order valence-electron chi connectivity index (χ1n) is 8.85. The van der Waals surface area contributed by atoms with E-state index in [1.165, 1.54) is 7.11 Å². The Bertz CT molecular complexity index is 632. The molecule has 3 nitrogen and oxygen atoms in total. The van der Waals surface area contributed by atoms with Crippen molar-refractivity contribution < 1.29 is 17.5 Å². The Labute approximate surface area is 145 Å². The fraction of sp³-hybridized carbons (Fsp3) is 0.684. The lowest BCUT2D eigenvalue weighted by atomic mass is 9.80. The number of ether oxygens (including phenoxy) is 1. The molecule has 1 aromatic rings. The maximum atomic E-state index is 13.7. The molecule has 0 aliphatic heterocycles. The third-order valence-electron chi connectivity index (χ3n) is 5.21. The van der Waals surface area contributed by atoms with Gasteiger partial charge in [-0.3, -0.25) is 0 Å². The molecule has 5 heteroatoms. The zero-order chi connectivity index (χ0) is 17.7. The van der Waals surface area contributed by atoms with Crippen LogP contribution < -0.4 is 4.74 Å². The summed E-state index contributed by atoms with van der Waals surface area (Å²) in [6.45, 7) is 3.52. The number of halogens is 1. The molecule has 1 aliphatic rings. The van der Waals surface area contributed by atoms with Crippen LogP contribution >= 0.6 is 0 Å². The van der Waals surface area contributed by atoms with Gasteiger partial charge in [0.15, 0.2) is 21.4 Å². The molecule has 2 rings (SSSR count). The van der Waals surface area contributed by atoms with E-state index in [1.807, 2.05) is 6.07 Å². The van der Waals surface area contributed by atoms with Gasteiger partial charge in [-0.15, -0.1) is 0 Å². The number of sulfone groups is 1. The van der Waals surface area contributed by atoms with Crippen molar-refractivity contribution >= 4 is 9.84 Å². The highest BCUT2D eigenvalue weighted by Gasteiger charge is 2.27. The normalized spacial score (nSPS) is 21.9. The second kappa shape index (κ2) is 8.32. The monoisotopic (exact) mass is 356 g/mol. The molecule has 0 N–H and O–H groups in total. The van der Waals surface area contributed by atoms with Gasteiger partial charge in [-0.2, -0.15) is 0 Å². The molecule has 1 aliphatic carbocycles. The summed E-state index contributed by atoms with van der Waals surface area (Å²) in [4.78, 5) is 0. The molecule has 0 unspecified atom stereocenters. The van der Waals surface area contributed by atoms with Crippen LogP contribution in [0.5, 0.6) is 5.75 Å². The van der Waals surface area contributed by atoms with Crippen molar-refractivity contribution in [1.29, 1.82) is 0 Å². The number of benzene rings is 1. The molecule has 0 bridgehead atoms. The Morgan fingerprint density at radius 3 is 2.33 bits per heavy atom. The Balaban J connectivity index is 1.78. The summed E-state index contributed by atoms with van der Waals surface area (Å²) in [5.74, 6) is 1.24. The third-order valence-corrected chi connectivity index (χ3v) is 7.58. The van der Waals surface area contributed by atoms with E-state index in [1.54, 1.807) is 26.0 Å². The molecule has 0 radical (unpaired) electrons. The van der Waals surface area contributed by atoms with Crippen molar-refractivity contribution in [3.8, 4) is 5.75 Å². The summed E-state index contributed by atoms with van der Waals surface area (Å²) in [6.07, 6.45) is 6.05. The van der Waals surface area contributed by atoms with Crippen LogP contribution in [0.4, 0.5) is 4.39 Å². The number of rotatable bonds is 7. The average molecular weight is 357 g/mol. The van der Waals surface area contributed by atoms with Crippen LogP contribution in [0.1, 0.15) is 51.5 Å². The molecule has 1 fully saturated rings. The number of methoxy groups -OCH3 is 1. The van der Waals surface area contributed by atoms with Crippen LogP contribution in [0, 0.1) is 17.7 Å². The fourth-order valence-electron chi connectivity index (χ4n) is 3.44. The largest absolute Gasteiger partial charge is 0.494 e. The molecule has 0 amide bonds. The molecular formula is C19H29FO3S. The zero-order valence-electron chi connectivity index (χ0n) is 14.9. The van der Waals surface area contributed by atoms with Crippen LogP contribution in [0.15, 0.2) is 18.2 Å². The second-order valence-electron chi connectivity index (χ2n) is 7.27. The van der Waals surface area contributed by atoms with Crippen molar-refractivity contribution in [1.82, 2.24) is 0 Å². The number of aryl methyl sites for hydroxylation is 1. The summed E-state index contributed by atoms with van der Waals surface area (Å²) in [5.41, 5.74) is 0.998. The predicted molar refractivity (Wildman–Crippen MR) is 95.6 cm³/mol. The lowest BCUT2D eigenvalue weighted by Crippen LogP contribution is -2.26. The van der Waals surface area contributed by atoms with Crippen LogP contribution in [-0.2, 0) is 16.3 Å². The first kappa shape index (κ1) is 19.2. The van der Waals surface area contributed by atoms with E-state index in [4.69, 9.17) is 4.74 Å². The highest BCUT2D eigenvalue weighted by molar-refractivity contribution is 7.91. The molecule has 24 heavy (non-hydrogen) atoms. The lowest BCUT2D eigenvalue weighted by molar-refractivity contribution is 0.278. The Morgan fingerprint density at radius 2 is 1.79 bits per heavy atom. The van der Waals surface area contributed by atoms with Gasteiger partial charge >= 0.3 is 0 Å². The van der Waals surface area contributed by atoms with Crippen LogP contribution in [0.2, 0.25) is 0 Å². The minimum atomic E-state index is -2.94. The number of hydrogen-bond donors (Lipinski definition) is 0. The van der Waals surface area contributed by atoms with E-state index in [2.05, 4.69) is 0 Å². The molecule has 1 aromatic carbocycles. The van der Waals surface area contributed by atoms with Gasteiger partial charge in [0.05, 0.1) is 18.1 Å². The van der Waals surface area contributed by atoms with E-state index in [9.17, 15) is 12.8 Å². The van der Waals surface area contributed by atoms with Crippen LogP contribution in [-0.4, -0.2) is 26.5 Å². The van der Waals surface area contributed by atoms with E-state index >= 15 is 0 Å². The molecule has 0 spiro atoms. The highest BCUT2D eigenvalue weighted by atomic mass is 32.2. The van der Waals surface area contributed by atoms with Crippen LogP contribution in [0.3, 0.4) is 0 Å². The SMILES string of the molecule is COc1ccc(CCC2CCC(CS(=O)(=O)C(C)C)CC2)cc1F. The molecule has 0 atom stereocenters. The van der Waals surface area contributed by atoms with Crippen LogP contribution in [0.25, 0.3) is 0 Å². The first-order chi connectivity index (χ1) is 11.3. The van der Waals surface area contributed by atoms with Gasteiger partial charge in [0, 0.05) is 0 Å². The molecule has 0 aromatic heterocycles. The van der Waals surface area contributed by atoms with Gasteiger partial charge < -0.3 is 4.74 Å². The highest BCUT2D eigenvalue weighted by Crippen LogP contribution is 2.33. The van der Waals surface area contributed by atoms with Gasteiger partial charge in [0.1, 0.15) is 0 Å². The standard InChI is InChI=1S/C19H29FO3S/c1-14(2)24(21,22)13-17-8-5-15(6-9-17)4-7-16-10-11-19(23-3)18(20)12-16/h10-12,14-15,17H,4-9,13H2,1-3H3. The van der Waals surface area contributed by atoms with E-state index in [-0.39, 0.29) is 16.8 Å². The van der Waals surface area contributed by atoms with Crippen molar-refractivity contribution in [2.45, 2.75) is 57.6 Å². The smallest absolute Gasteiger partial charge is 0.165 e. The number of hydrogen-bond acceptors (Lipinski definition) is 3. The van der Waals surface area contributed by atoms with Crippen molar-refractivity contribution in [2.24, 2.45) is 11.8 Å². The van der Waals surface area contributed by atoms with E-state index in [0.29, 0.717) is 17.6 Å². The van der Waals surface area contributed by atoms with Gasteiger partial charge in [-0.25, -0.2) is 12.8 Å². The van der Waals surface area contributed by atoms with Gasteiger partial charge in [-0.05, 0) is 69.1 Å². The molecule has 0 saturated heterocycles. The predicted octanol–water partition coefficient (Wildman–Crippen LogP) is 4.40. The Hall–Kier alpha value is -1.10. The average Bonchev–Trinajstić information content (AvgIpc) is 2.54. The molecule has 1 saturated carbocycles. The Morgan fingerprint density at radius 1 is 1.17 bits per heavy atom. The van der Waals surface area contributed by atoms with Crippen molar-refractivity contribution in [3.05, 3.63) is 29.6 Å². The lowest BCUT2D eigenvalue weighted by Gasteiger charge is -2.28. The zero-order valence-corrected chi connectivity index (χ0v) is 15.7.